The van der Waals surface area contributed by atoms with Crippen LogP contribution in [0.25, 0.3) is 10.8 Å². The lowest BCUT2D eigenvalue weighted by Gasteiger charge is -2.02. The quantitative estimate of drug-likeness (QED) is 0.780. The molecule has 2 aromatic heterocycles. The highest BCUT2D eigenvalue weighted by molar-refractivity contribution is 7.14. The number of benzene rings is 1. The zero-order valence-electron chi connectivity index (χ0n) is 10.1. The fourth-order valence-corrected chi connectivity index (χ4v) is 3.04. The van der Waals surface area contributed by atoms with Crippen LogP contribution in [0.3, 0.4) is 0 Å². The monoisotopic (exact) mass is 325 g/mol. The fourth-order valence-electron chi connectivity index (χ4n) is 1.77. The highest BCUT2D eigenvalue weighted by atomic mass is 35.5. The van der Waals surface area contributed by atoms with Crippen LogP contribution in [-0.4, -0.2) is 10.1 Å². The normalized spacial score (nSPS) is 10.9. The molecule has 0 amide bonds. The second-order valence-electron chi connectivity index (χ2n) is 4.10. The maximum absolute atomic E-state index is 6.12. The molecular formula is C13H9Cl2N3OS. The van der Waals surface area contributed by atoms with Crippen LogP contribution in [0.15, 0.2) is 34.2 Å². The summed E-state index contributed by atoms with van der Waals surface area (Å²) >= 11 is 13.7. The van der Waals surface area contributed by atoms with Gasteiger partial charge in [0.1, 0.15) is 4.88 Å². The number of rotatable bonds is 3. The summed E-state index contributed by atoms with van der Waals surface area (Å²) < 4.78 is 5.22. The summed E-state index contributed by atoms with van der Waals surface area (Å²) in [7, 11) is 0. The molecule has 20 heavy (non-hydrogen) atoms. The van der Waals surface area contributed by atoms with Crippen molar-refractivity contribution in [2.45, 2.75) is 6.42 Å². The second-order valence-corrected chi connectivity index (χ2v) is 5.83. The van der Waals surface area contributed by atoms with E-state index in [1.54, 1.807) is 24.3 Å². The zero-order chi connectivity index (χ0) is 14.1. The van der Waals surface area contributed by atoms with Crippen LogP contribution in [0.2, 0.25) is 10.0 Å². The van der Waals surface area contributed by atoms with Gasteiger partial charge in [-0.2, -0.15) is 4.98 Å². The average molecular weight is 326 g/mol. The number of hydrogen-bond donors (Lipinski definition) is 1. The Labute approximate surface area is 129 Å². The third-order valence-corrected chi connectivity index (χ3v) is 4.38. The zero-order valence-corrected chi connectivity index (χ0v) is 12.5. The van der Waals surface area contributed by atoms with Gasteiger partial charge in [-0.05, 0) is 29.1 Å². The molecule has 102 valence electrons. The molecule has 0 radical (unpaired) electrons. The Bertz CT molecular complexity index is 733. The SMILES string of the molecule is Nc1ccsc1-c1nc(Cc2c(Cl)cccc2Cl)no1. The lowest BCUT2D eigenvalue weighted by atomic mass is 10.1. The molecule has 0 unspecified atom stereocenters. The molecule has 3 rings (SSSR count). The van der Waals surface area contributed by atoms with Gasteiger partial charge in [-0.15, -0.1) is 11.3 Å². The Kier molecular flexibility index (Phi) is 3.65. The van der Waals surface area contributed by atoms with Crippen LogP contribution in [0.5, 0.6) is 0 Å². The van der Waals surface area contributed by atoms with Crippen molar-refractivity contribution in [3.63, 3.8) is 0 Å². The van der Waals surface area contributed by atoms with E-state index < -0.39 is 0 Å². The maximum atomic E-state index is 6.12. The number of nitrogens with zero attached hydrogens (tertiary/aromatic N) is 2. The summed E-state index contributed by atoms with van der Waals surface area (Å²) in [5.41, 5.74) is 7.23. The third-order valence-electron chi connectivity index (χ3n) is 2.75. The van der Waals surface area contributed by atoms with Gasteiger partial charge in [0.05, 0.1) is 5.69 Å². The Balaban J connectivity index is 1.90. The average Bonchev–Trinajstić information content (AvgIpc) is 3.02. The second kappa shape index (κ2) is 5.44. The molecule has 3 aromatic rings. The molecule has 2 N–H and O–H groups in total. The van der Waals surface area contributed by atoms with Crippen LogP contribution < -0.4 is 5.73 Å². The number of aromatic nitrogens is 2. The van der Waals surface area contributed by atoms with Crippen molar-refractivity contribution in [3.8, 4) is 10.8 Å². The Morgan fingerprint density at radius 2 is 1.95 bits per heavy atom. The van der Waals surface area contributed by atoms with E-state index in [1.807, 2.05) is 5.38 Å². The van der Waals surface area contributed by atoms with Crippen LogP contribution in [0.1, 0.15) is 11.4 Å². The third kappa shape index (κ3) is 2.52. The smallest absolute Gasteiger partial charge is 0.270 e. The first-order valence-corrected chi connectivity index (χ1v) is 7.37. The molecule has 0 bridgehead atoms. The first-order chi connectivity index (χ1) is 9.65. The summed E-state index contributed by atoms with van der Waals surface area (Å²) in [6.07, 6.45) is 0.410. The first-order valence-electron chi connectivity index (χ1n) is 5.74. The van der Waals surface area contributed by atoms with E-state index in [0.717, 1.165) is 10.4 Å². The van der Waals surface area contributed by atoms with Crippen molar-refractivity contribution < 1.29 is 4.52 Å². The number of thiophene rings is 1. The molecule has 0 aliphatic rings. The van der Waals surface area contributed by atoms with Crippen LogP contribution in [-0.2, 0) is 6.42 Å². The molecule has 0 atom stereocenters. The van der Waals surface area contributed by atoms with E-state index in [2.05, 4.69) is 10.1 Å². The molecule has 0 aliphatic carbocycles. The van der Waals surface area contributed by atoms with Crippen LogP contribution in [0.4, 0.5) is 5.69 Å². The maximum Gasteiger partial charge on any atom is 0.270 e. The number of halogens is 2. The minimum atomic E-state index is 0.410. The van der Waals surface area contributed by atoms with E-state index in [4.69, 9.17) is 33.5 Å². The first kappa shape index (κ1) is 13.4. The van der Waals surface area contributed by atoms with Crippen molar-refractivity contribution in [3.05, 3.63) is 51.1 Å². The summed E-state index contributed by atoms with van der Waals surface area (Å²) in [6, 6.07) is 7.15. The minimum absolute atomic E-state index is 0.410. The molecular weight excluding hydrogens is 317 g/mol. The van der Waals surface area contributed by atoms with E-state index in [9.17, 15) is 0 Å². The molecule has 0 aliphatic heterocycles. The molecule has 0 saturated carbocycles. The predicted molar refractivity (Wildman–Crippen MR) is 81.3 cm³/mol. The van der Waals surface area contributed by atoms with Gasteiger partial charge < -0.3 is 10.3 Å². The molecule has 1 aromatic carbocycles. The highest BCUT2D eigenvalue weighted by Crippen LogP contribution is 2.31. The topological polar surface area (TPSA) is 64.9 Å². The van der Waals surface area contributed by atoms with Crippen molar-refractivity contribution in [1.82, 2.24) is 10.1 Å². The van der Waals surface area contributed by atoms with Gasteiger partial charge in [-0.3, -0.25) is 0 Å². The van der Waals surface area contributed by atoms with Gasteiger partial charge in [0.2, 0.25) is 0 Å². The van der Waals surface area contributed by atoms with E-state index >= 15 is 0 Å². The van der Waals surface area contributed by atoms with Crippen molar-refractivity contribution in [2.75, 3.05) is 5.73 Å². The van der Waals surface area contributed by atoms with Crippen molar-refractivity contribution >= 4 is 40.2 Å². The molecule has 0 spiro atoms. The number of nitrogen functional groups attached to an aromatic ring is 1. The van der Waals surface area contributed by atoms with Crippen LogP contribution in [0, 0.1) is 0 Å². The standard InChI is InChI=1S/C13H9Cl2N3OS/c14-8-2-1-3-9(15)7(8)6-11-17-13(19-18-11)12-10(16)4-5-20-12/h1-5H,6,16H2. The van der Waals surface area contributed by atoms with E-state index in [0.29, 0.717) is 33.9 Å². The molecule has 4 nitrogen and oxygen atoms in total. The number of nitrogens with two attached hydrogens (primary N) is 1. The van der Waals surface area contributed by atoms with Gasteiger partial charge in [0, 0.05) is 16.5 Å². The molecule has 7 heteroatoms. The largest absolute Gasteiger partial charge is 0.397 e. The van der Waals surface area contributed by atoms with Gasteiger partial charge in [0.25, 0.3) is 5.89 Å². The van der Waals surface area contributed by atoms with E-state index in [-0.39, 0.29) is 0 Å². The summed E-state index contributed by atoms with van der Waals surface area (Å²) in [5, 5.41) is 6.98. The Hall–Kier alpha value is -1.56. The molecule has 0 saturated heterocycles. The number of hydrogen-bond acceptors (Lipinski definition) is 5. The fraction of sp³-hybridized carbons (Fsp3) is 0.0769. The lowest BCUT2D eigenvalue weighted by molar-refractivity contribution is 0.425. The summed E-state index contributed by atoms with van der Waals surface area (Å²) in [4.78, 5) is 5.10. The minimum Gasteiger partial charge on any atom is -0.397 e. The van der Waals surface area contributed by atoms with Gasteiger partial charge in [0.15, 0.2) is 5.82 Å². The van der Waals surface area contributed by atoms with Crippen LogP contribution >= 0.6 is 34.5 Å². The van der Waals surface area contributed by atoms with Gasteiger partial charge in [-0.25, -0.2) is 0 Å². The van der Waals surface area contributed by atoms with Gasteiger partial charge >= 0.3 is 0 Å². The van der Waals surface area contributed by atoms with Crippen molar-refractivity contribution in [2.24, 2.45) is 0 Å². The summed E-state index contributed by atoms with van der Waals surface area (Å²) in [5.74, 6) is 0.929. The Morgan fingerprint density at radius 1 is 1.20 bits per heavy atom. The summed E-state index contributed by atoms with van der Waals surface area (Å²) in [6.45, 7) is 0. The lowest BCUT2D eigenvalue weighted by Crippen LogP contribution is -1.93. The molecule has 0 fully saturated rings. The molecule has 2 heterocycles. The Morgan fingerprint density at radius 3 is 2.60 bits per heavy atom. The highest BCUT2D eigenvalue weighted by Gasteiger charge is 2.15. The number of anilines is 1. The van der Waals surface area contributed by atoms with Gasteiger partial charge in [-0.1, -0.05) is 34.4 Å². The van der Waals surface area contributed by atoms with E-state index in [1.165, 1.54) is 11.3 Å². The predicted octanol–water partition coefficient (Wildman–Crippen LogP) is 4.28. The van der Waals surface area contributed by atoms with Crippen molar-refractivity contribution in [1.29, 1.82) is 0 Å².